The molecule has 1 fully saturated rings. The highest BCUT2D eigenvalue weighted by atomic mass is 32.1. The van der Waals surface area contributed by atoms with Crippen LogP contribution in [0.2, 0.25) is 0 Å². The summed E-state index contributed by atoms with van der Waals surface area (Å²) in [5.41, 5.74) is 5.67. The number of hydrogen-bond donors (Lipinski definition) is 0. The normalized spacial score (nSPS) is 12.7. The molecule has 0 amide bonds. The van der Waals surface area contributed by atoms with Gasteiger partial charge in [-0.15, -0.1) is 11.3 Å². The molecule has 3 aromatic rings. The minimum Gasteiger partial charge on any atom is -0.195 e. The zero-order valence-corrected chi connectivity index (χ0v) is 18.2. The maximum atomic E-state index is 4.65. The van der Waals surface area contributed by atoms with Crippen molar-refractivity contribution in [1.29, 1.82) is 0 Å². The number of benzene rings is 2. The van der Waals surface area contributed by atoms with Crippen molar-refractivity contribution in [2.24, 2.45) is 4.99 Å². The number of nitrogens with zero attached hydrogens (tertiary/aromatic N) is 1. The van der Waals surface area contributed by atoms with Crippen molar-refractivity contribution in [3.8, 4) is 22.3 Å². The number of aliphatic imine (C=N–C) groups is 1. The van der Waals surface area contributed by atoms with Crippen LogP contribution in [0, 0.1) is 11.8 Å². The highest BCUT2D eigenvalue weighted by Gasteiger charge is 2.26. The molecule has 29 heavy (non-hydrogen) atoms. The summed E-state index contributed by atoms with van der Waals surface area (Å²) in [6.45, 7) is 2.25. The van der Waals surface area contributed by atoms with Crippen molar-refractivity contribution in [1.82, 2.24) is 0 Å². The van der Waals surface area contributed by atoms with E-state index in [1.807, 2.05) is 35.6 Å². The van der Waals surface area contributed by atoms with E-state index in [9.17, 15) is 0 Å². The lowest BCUT2D eigenvalue weighted by molar-refractivity contribution is 0.804. The molecular weight excluding hydrogens is 390 g/mol. The van der Waals surface area contributed by atoms with Crippen LogP contribution in [-0.4, -0.2) is 5.16 Å². The Bertz CT molecular complexity index is 1100. The smallest absolute Gasteiger partial charge is 0.0740 e. The molecule has 0 aliphatic heterocycles. The lowest BCUT2D eigenvalue weighted by Gasteiger charge is -2.06. The van der Waals surface area contributed by atoms with Crippen LogP contribution in [0.5, 0.6) is 0 Å². The van der Waals surface area contributed by atoms with Gasteiger partial charge in [-0.25, -0.2) is 0 Å². The van der Waals surface area contributed by atoms with E-state index in [2.05, 4.69) is 71.5 Å². The van der Waals surface area contributed by atoms with E-state index in [0.717, 1.165) is 16.8 Å². The average molecular weight is 414 g/mol. The first-order valence-corrected chi connectivity index (χ1v) is 11.4. The second-order valence-corrected chi connectivity index (χ2v) is 8.80. The molecule has 1 aromatic heterocycles. The largest absolute Gasteiger partial charge is 0.195 e. The van der Waals surface area contributed by atoms with E-state index in [4.69, 9.17) is 0 Å². The predicted octanol–water partition coefficient (Wildman–Crippen LogP) is 7.77. The Balaban J connectivity index is 1.59. The van der Waals surface area contributed by atoms with Crippen molar-refractivity contribution in [3.05, 3.63) is 76.2 Å². The van der Waals surface area contributed by atoms with Gasteiger partial charge in [0.2, 0.25) is 0 Å². The molecule has 0 spiro atoms. The summed E-state index contributed by atoms with van der Waals surface area (Å²) in [6.07, 6.45) is 6.24. The Kier molecular flexibility index (Phi) is 6.37. The molecule has 0 radical (unpaired) electrons. The first-order valence-electron chi connectivity index (χ1n) is 10.2. The molecule has 1 aliphatic rings. The highest BCUT2D eigenvalue weighted by molar-refractivity contribution is 7.78. The molecule has 1 aliphatic carbocycles. The third-order valence-corrected chi connectivity index (χ3v) is 6.46. The van der Waals surface area contributed by atoms with Crippen molar-refractivity contribution in [2.75, 3.05) is 0 Å². The second kappa shape index (κ2) is 9.33. The minimum atomic E-state index is 0.665. The fourth-order valence-corrected chi connectivity index (χ4v) is 4.54. The van der Waals surface area contributed by atoms with E-state index >= 15 is 0 Å². The van der Waals surface area contributed by atoms with E-state index in [1.165, 1.54) is 53.0 Å². The molecule has 0 atom stereocenters. The molecule has 0 unspecified atom stereocenters. The third kappa shape index (κ3) is 5.11. The number of hydrogen-bond acceptors (Lipinski definition) is 3. The molecule has 1 saturated carbocycles. The van der Waals surface area contributed by atoms with Gasteiger partial charge in [-0.2, -0.15) is 4.99 Å². The Morgan fingerprint density at radius 2 is 1.86 bits per heavy atom. The molecule has 3 heteroatoms. The Hall–Kier alpha value is -2.50. The molecule has 0 bridgehead atoms. The van der Waals surface area contributed by atoms with E-state index in [1.54, 1.807) is 0 Å². The molecule has 4 rings (SSSR count). The van der Waals surface area contributed by atoms with Gasteiger partial charge < -0.3 is 0 Å². The Morgan fingerprint density at radius 3 is 2.59 bits per heavy atom. The van der Waals surface area contributed by atoms with Crippen LogP contribution in [0.4, 0.5) is 5.69 Å². The van der Waals surface area contributed by atoms with Gasteiger partial charge in [0.15, 0.2) is 0 Å². The van der Waals surface area contributed by atoms with Gasteiger partial charge in [0.25, 0.3) is 0 Å². The standard InChI is InChI=1S/C26H23NS2/c1-2-3-4-24-15-16-26(29-24)22-12-11-20(25(17-22)21-9-10-21)8-5-19-6-13-23(14-7-19)27-18-28/h6-7,11-17,21H,2-4,9-10H2,1H3. The quantitative estimate of drug-likeness (QED) is 0.228. The third-order valence-electron chi connectivity index (χ3n) is 5.18. The van der Waals surface area contributed by atoms with Gasteiger partial charge >= 0.3 is 0 Å². The van der Waals surface area contributed by atoms with Crippen LogP contribution < -0.4 is 0 Å². The number of thiocarbonyl (C=S) groups is 1. The zero-order valence-electron chi connectivity index (χ0n) is 16.6. The molecular formula is C26H23NS2. The van der Waals surface area contributed by atoms with Crippen LogP contribution >= 0.6 is 23.6 Å². The number of aryl methyl sites for hydroxylation is 1. The number of isothiocyanates is 1. The fourth-order valence-electron chi connectivity index (χ4n) is 3.39. The van der Waals surface area contributed by atoms with Gasteiger partial charge in [0, 0.05) is 20.9 Å². The lowest BCUT2D eigenvalue weighted by Crippen LogP contribution is -1.88. The minimum absolute atomic E-state index is 0.665. The first-order chi connectivity index (χ1) is 14.3. The van der Waals surface area contributed by atoms with Gasteiger partial charge in [-0.05, 0) is 103 Å². The molecule has 0 N–H and O–H groups in total. The van der Waals surface area contributed by atoms with Crippen LogP contribution in [-0.2, 0) is 6.42 Å². The number of thiophene rings is 1. The summed E-state index contributed by atoms with van der Waals surface area (Å²) in [6, 6.07) is 19.2. The van der Waals surface area contributed by atoms with E-state index in [-0.39, 0.29) is 0 Å². The SMILES string of the molecule is CCCCc1ccc(-c2ccc(C#Cc3ccc(N=C=S)cc3)c(C3CC3)c2)s1. The summed E-state index contributed by atoms with van der Waals surface area (Å²) < 4.78 is 0. The first kappa shape index (κ1) is 19.8. The van der Waals surface area contributed by atoms with Crippen LogP contribution in [0.1, 0.15) is 60.1 Å². The average Bonchev–Trinajstić information content (AvgIpc) is 3.49. The summed E-state index contributed by atoms with van der Waals surface area (Å²) in [4.78, 5) is 6.84. The Labute approximate surface area is 182 Å². The molecule has 144 valence electrons. The molecule has 0 saturated heterocycles. The van der Waals surface area contributed by atoms with Crippen molar-refractivity contribution >= 4 is 34.4 Å². The number of rotatable bonds is 6. The zero-order chi connectivity index (χ0) is 20.1. The summed E-state index contributed by atoms with van der Waals surface area (Å²) in [7, 11) is 0. The second-order valence-electron chi connectivity index (χ2n) is 7.45. The van der Waals surface area contributed by atoms with E-state index in [0.29, 0.717) is 5.92 Å². The Morgan fingerprint density at radius 1 is 1.03 bits per heavy atom. The lowest BCUT2D eigenvalue weighted by atomic mass is 9.99. The fraction of sp³-hybridized carbons (Fsp3) is 0.269. The van der Waals surface area contributed by atoms with Crippen molar-refractivity contribution < 1.29 is 0 Å². The molecule has 2 aromatic carbocycles. The molecule has 1 nitrogen and oxygen atoms in total. The summed E-state index contributed by atoms with van der Waals surface area (Å²) in [5, 5.41) is 2.39. The van der Waals surface area contributed by atoms with Crippen molar-refractivity contribution in [2.45, 2.75) is 44.9 Å². The van der Waals surface area contributed by atoms with Crippen LogP contribution in [0.15, 0.2) is 59.6 Å². The van der Waals surface area contributed by atoms with Gasteiger partial charge in [-0.3, -0.25) is 0 Å². The van der Waals surface area contributed by atoms with E-state index < -0.39 is 0 Å². The van der Waals surface area contributed by atoms with Gasteiger partial charge in [-0.1, -0.05) is 31.3 Å². The summed E-state index contributed by atoms with van der Waals surface area (Å²) in [5.74, 6) is 7.37. The topological polar surface area (TPSA) is 12.4 Å². The number of unbranched alkanes of at least 4 members (excludes halogenated alkanes) is 1. The van der Waals surface area contributed by atoms with Crippen molar-refractivity contribution in [3.63, 3.8) is 0 Å². The molecule has 1 heterocycles. The van der Waals surface area contributed by atoms with Gasteiger partial charge in [0.05, 0.1) is 10.8 Å². The van der Waals surface area contributed by atoms with Gasteiger partial charge in [0.1, 0.15) is 0 Å². The summed E-state index contributed by atoms with van der Waals surface area (Å²) >= 11 is 6.58. The highest BCUT2D eigenvalue weighted by Crippen LogP contribution is 2.43. The monoisotopic (exact) mass is 413 g/mol. The maximum Gasteiger partial charge on any atom is 0.0740 e. The van der Waals surface area contributed by atoms with Crippen LogP contribution in [0.3, 0.4) is 0 Å². The van der Waals surface area contributed by atoms with Crippen LogP contribution in [0.25, 0.3) is 10.4 Å². The maximum absolute atomic E-state index is 4.65. The predicted molar refractivity (Wildman–Crippen MR) is 127 cm³/mol.